The topological polar surface area (TPSA) is 62.7 Å². The molecule has 0 unspecified atom stereocenters. The van der Waals surface area contributed by atoms with Gasteiger partial charge in [0, 0.05) is 17.6 Å². The summed E-state index contributed by atoms with van der Waals surface area (Å²) < 4.78 is 26.7. The summed E-state index contributed by atoms with van der Waals surface area (Å²) in [6.07, 6.45) is 1.16. The fraction of sp³-hybridized carbons (Fsp3) is 0. The monoisotopic (exact) mass is 283 g/mol. The number of rotatable bonds is 0. The van der Waals surface area contributed by atoms with Gasteiger partial charge in [0.15, 0.2) is 5.82 Å². The minimum absolute atomic E-state index is 0.00556. The van der Waals surface area contributed by atoms with Crippen molar-refractivity contribution >= 4 is 32.5 Å². The molecule has 0 saturated heterocycles. The van der Waals surface area contributed by atoms with Gasteiger partial charge in [-0.3, -0.25) is 4.98 Å². The summed E-state index contributed by atoms with van der Waals surface area (Å²) in [4.78, 5) is 3.74. The maximum Gasteiger partial charge on any atom is 0.152 e. The minimum atomic E-state index is -0.813. The van der Waals surface area contributed by atoms with Crippen molar-refractivity contribution in [1.82, 2.24) is 4.98 Å². The zero-order valence-electron chi connectivity index (χ0n) is 7.76. The third kappa shape index (κ3) is 1.41. The lowest BCUT2D eigenvalue weighted by Crippen LogP contribution is -1.98. The van der Waals surface area contributed by atoms with E-state index in [9.17, 15) is 8.78 Å². The predicted molar refractivity (Wildman–Crippen MR) is 58.5 cm³/mol. The highest BCUT2D eigenvalue weighted by atomic mass is 79.9. The maximum absolute atomic E-state index is 13.4. The number of fused-ring (bicyclic) bond motifs is 1. The number of nitrogens with zero attached hydrogens (tertiary/aromatic N) is 2. The molecule has 0 bridgehead atoms. The molecular weight excluding hydrogens is 280 g/mol. The van der Waals surface area contributed by atoms with Crippen LogP contribution in [0.15, 0.2) is 16.7 Å². The van der Waals surface area contributed by atoms with Gasteiger partial charge in [-0.2, -0.15) is 5.26 Å². The van der Waals surface area contributed by atoms with Crippen molar-refractivity contribution in [3.8, 4) is 6.07 Å². The summed E-state index contributed by atoms with van der Waals surface area (Å²) in [5, 5.41) is 8.81. The number of pyridine rings is 1. The van der Waals surface area contributed by atoms with Crippen LogP contribution in [0.2, 0.25) is 0 Å². The highest BCUT2D eigenvalue weighted by Crippen LogP contribution is 2.33. The fourth-order valence-electron chi connectivity index (χ4n) is 1.38. The van der Waals surface area contributed by atoms with Crippen molar-refractivity contribution < 1.29 is 8.78 Å². The molecule has 0 fully saturated rings. The summed E-state index contributed by atoms with van der Waals surface area (Å²) in [5.74, 6) is -1.60. The highest BCUT2D eigenvalue weighted by molar-refractivity contribution is 9.10. The van der Waals surface area contributed by atoms with Crippen molar-refractivity contribution in [2.45, 2.75) is 0 Å². The summed E-state index contributed by atoms with van der Waals surface area (Å²) >= 11 is 2.96. The maximum atomic E-state index is 13.4. The van der Waals surface area contributed by atoms with Gasteiger partial charge >= 0.3 is 0 Å². The van der Waals surface area contributed by atoms with Crippen molar-refractivity contribution in [3.05, 3.63) is 33.9 Å². The molecule has 0 radical (unpaired) electrons. The molecule has 0 atom stereocenters. The SMILES string of the molecule is N#Cc1cnc2c(F)cc(F)c(Br)c2c1N. The minimum Gasteiger partial charge on any atom is -0.397 e. The molecule has 1 aromatic heterocycles. The smallest absolute Gasteiger partial charge is 0.152 e. The Kier molecular flexibility index (Phi) is 2.48. The number of halogens is 3. The van der Waals surface area contributed by atoms with Crippen molar-refractivity contribution in [1.29, 1.82) is 5.26 Å². The first-order valence-electron chi connectivity index (χ1n) is 4.18. The number of hydrogen-bond acceptors (Lipinski definition) is 3. The number of nitrogens with two attached hydrogens (primary N) is 1. The molecule has 0 saturated carbocycles. The molecule has 80 valence electrons. The number of anilines is 1. The highest BCUT2D eigenvalue weighted by Gasteiger charge is 2.16. The molecule has 1 heterocycles. The van der Waals surface area contributed by atoms with E-state index in [1.165, 1.54) is 0 Å². The van der Waals surface area contributed by atoms with Gasteiger partial charge in [-0.25, -0.2) is 8.78 Å². The van der Waals surface area contributed by atoms with Crippen LogP contribution in [0.3, 0.4) is 0 Å². The average molecular weight is 284 g/mol. The fourth-order valence-corrected chi connectivity index (χ4v) is 1.90. The third-order valence-corrected chi connectivity index (χ3v) is 2.92. The van der Waals surface area contributed by atoms with Crippen molar-refractivity contribution in [3.63, 3.8) is 0 Å². The van der Waals surface area contributed by atoms with Gasteiger partial charge in [-0.1, -0.05) is 0 Å². The predicted octanol–water partition coefficient (Wildman–Crippen LogP) is 2.73. The van der Waals surface area contributed by atoms with Crippen molar-refractivity contribution in [2.75, 3.05) is 5.73 Å². The average Bonchev–Trinajstić information content (AvgIpc) is 2.26. The van der Waals surface area contributed by atoms with Gasteiger partial charge in [0.2, 0.25) is 0 Å². The van der Waals surface area contributed by atoms with E-state index in [-0.39, 0.29) is 26.6 Å². The zero-order valence-corrected chi connectivity index (χ0v) is 9.35. The van der Waals surface area contributed by atoms with E-state index < -0.39 is 11.6 Å². The van der Waals surface area contributed by atoms with E-state index in [4.69, 9.17) is 11.0 Å². The standard InChI is InChI=1S/C10H4BrF2N3/c11-8-5(12)1-6(13)10-7(8)9(15)4(2-14)3-16-10/h1,3H,(H2,15,16). The molecule has 3 nitrogen and oxygen atoms in total. The van der Waals surface area contributed by atoms with Crippen LogP contribution in [0.4, 0.5) is 14.5 Å². The molecule has 2 aromatic rings. The molecule has 1 aromatic carbocycles. The summed E-state index contributed by atoms with van der Waals surface area (Å²) in [7, 11) is 0. The van der Waals surface area contributed by atoms with Gasteiger partial charge in [0.1, 0.15) is 17.4 Å². The van der Waals surface area contributed by atoms with Crippen LogP contribution in [0, 0.1) is 23.0 Å². The number of aromatic nitrogens is 1. The molecule has 2 rings (SSSR count). The normalized spacial score (nSPS) is 10.4. The molecule has 0 aliphatic heterocycles. The van der Waals surface area contributed by atoms with Gasteiger partial charge in [-0.05, 0) is 15.9 Å². The number of nitriles is 1. The van der Waals surface area contributed by atoms with Crippen LogP contribution in [-0.4, -0.2) is 4.98 Å². The molecule has 0 spiro atoms. The van der Waals surface area contributed by atoms with Crippen LogP contribution in [0.25, 0.3) is 10.9 Å². The van der Waals surface area contributed by atoms with E-state index in [1.54, 1.807) is 6.07 Å². The zero-order chi connectivity index (χ0) is 11.9. The largest absolute Gasteiger partial charge is 0.397 e. The molecule has 16 heavy (non-hydrogen) atoms. The Labute approximate surface area is 97.6 Å². The first-order valence-corrected chi connectivity index (χ1v) is 4.97. The molecule has 6 heteroatoms. The van der Waals surface area contributed by atoms with E-state index in [1.807, 2.05) is 0 Å². The Morgan fingerprint density at radius 2 is 2.06 bits per heavy atom. The van der Waals surface area contributed by atoms with Gasteiger partial charge in [0.05, 0.1) is 15.7 Å². The van der Waals surface area contributed by atoms with E-state index in [2.05, 4.69) is 20.9 Å². The van der Waals surface area contributed by atoms with Crippen LogP contribution in [0.1, 0.15) is 5.56 Å². The van der Waals surface area contributed by atoms with Gasteiger partial charge in [0.25, 0.3) is 0 Å². The Bertz CT molecular complexity index is 634. The first-order chi connectivity index (χ1) is 7.56. The lowest BCUT2D eigenvalue weighted by Gasteiger charge is -2.07. The van der Waals surface area contributed by atoms with Crippen LogP contribution in [-0.2, 0) is 0 Å². The number of hydrogen-bond donors (Lipinski definition) is 1. The Morgan fingerprint density at radius 1 is 1.38 bits per heavy atom. The van der Waals surface area contributed by atoms with Gasteiger partial charge < -0.3 is 5.73 Å². The van der Waals surface area contributed by atoms with Gasteiger partial charge in [-0.15, -0.1) is 0 Å². The molecule has 2 N–H and O–H groups in total. The summed E-state index contributed by atoms with van der Waals surface area (Å²) in [6, 6.07) is 2.51. The molecule has 0 aliphatic carbocycles. The Hall–Kier alpha value is -1.74. The Morgan fingerprint density at radius 3 is 2.69 bits per heavy atom. The molecule has 0 aliphatic rings. The first kappa shape index (κ1) is 10.8. The summed E-state index contributed by atoms with van der Waals surface area (Å²) in [6.45, 7) is 0. The van der Waals surface area contributed by atoms with E-state index in [0.29, 0.717) is 6.07 Å². The second-order valence-electron chi connectivity index (χ2n) is 3.08. The number of nitrogen functional groups attached to an aromatic ring is 1. The van der Waals surface area contributed by atoms with E-state index >= 15 is 0 Å². The quantitative estimate of drug-likeness (QED) is 0.756. The van der Waals surface area contributed by atoms with Crippen LogP contribution in [0.5, 0.6) is 0 Å². The number of benzene rings is 1. The summed E-state index contributed by atoms with van der Waals surface area (Å²) in [5.41, 5.74) is 5.67. The van der Waals surface area contributed by atoms with E-state index in [0.717, 1.165) is 6.20 Å². The second-order valence-corrected chi connectivity index (χ2v) is 3.87. The molecular formula is C10H4BrF2N3. The second kappa shape index (κ2) is 3.68. The third-order valence-electron chi connectivity index (χ3n) is 2.15. The van der Waals surface area contributed by atoms with Crippen LogP contribution >= 0.6 is 15.9 Å². The lowest BCUT2D eigenvalue weighted by molar-refractivity contribution is 0.586. The van der Waals surface area contributed by atoms with Crippen molar-refractivity contribution in [2.24, 2.45) is 0 Å². The Balaban J connectivity index is 3.04. The molecule has 0 amide bonds. The lowest BCUT2D eigenvalue weighted by atomic mass is 10.1. The van der Waals surface area contributed by atoms with Crippen LogP contribution < -0.4 is 5.73 Å².